The van der Waals surface area contributed by atoms with E-state index in [1.54, 1.807) is 89.9 Å². The van der Waals surface area contributed by atoms with Crippen LogP contribution in [0.5, 0.6) is 0 Å². The smallest absolute Gasteiger partial charge is 0.278 e. The number of aliphatic hydroxyl groups is 4. The highest BCUT2D eigenvalue weighted by Gasteiger charge is 2.34. The lowest BCUT2D eigenvalue weighted by Crippen LogP contribution is -2.44. The first-order valence-corrected chi connectivity index (χ1v) is 51.1. The quantitative estimate of drug-likeness (QED) is 0.0527. The van der Waals surface area contributed by atoms with Crippen molar-refractivity contribution in [3.8, 4) is 23.3 Å². The van der Waals surface area contributed by atoms with E-state index in [-0.39, 0.29) is 22.2 Å². The maximum absolute atomic E-state index is 13.4. The fourth-order valence-electron chi connectivity index (χ4n) is 19.8. The van der Waals surface area contributed by atoms with Crippen LogP contribution in [0.25, 0.3) is 67.4 Å². The van der Waals surface area contributed by atoms with Crippen LogP contribution in [0.1, 0.15) is 102 Å². The number of piperazine rings is 2. The van der Waals surface area contributed by atoms with E-state index in [2.05, 4.69) is 133 Å². The number of fused-ring (bicyclic) bond motifs is 24. The Morgan fingerprint density at radius 3 is 0.807 bits per heavy atom. The summed E-state index contributed by atoms with van der Waals surface area (Å²) in [5.41, 5.74) is 6.92. The van der Waals surface area contributed by atoms with Crippen molar-refractivity contribution in [2.45, 2.75) is 128 Å². The number of hydrogen-bond donors (Lipinski definition) is 8. The minimum atomic E-state index is -1.09. The van der Waals surface area contributed by atoms with Gasteiger partial charge in [-0.3, -0.25) is 19.2 Å². The summed E-state index contributed by atoms with van der Waals surface area (Å²) in [4.78, 5) is 123. The molecule has 24 rings (SSSR count). The van der Waals surface area contributed by atoms with Gasteiger partial charge in [0.1, 0.15) is 43.9 Å². The molecule has 8 bridgehead atoms. The van der Waals surface area contributed by atoms with Crippen LogP contribution in [0, 0.1) is 0 Å². The fourth-order valence-corrected chi connectivity index (χ4v) is 19.8. The Bertz CT molecular complexity index is 7560. The molecule has 0 saturated carbocycles. The first-order valence-electron chi connectivity index (χ1n) is 51.1. The Balaban J connectivity index is 0.000000117. The summed E-state index contributed by atoms with van der Waals surface area (Å²) < 4.78 is 24.2. The van der Waals surface area contributed by atoms with E-state index in [4.69, 9.17) is 49.3 Å². The molecule has 150 heavy (non-hydrogen) atoms. The van der Waals surface area contributed by atoms with Gasteiger partial charge in [0.15, 0.2) is 45.9 Å². The Morgan fingerprint density at radius 2 is 0.533 bits per heavy atom. The number of ether oxygens (including phenoxy) is 2. The number of hydrogen-bond acceptors (Lipinski definition) is 32. The van der Waals surface area contributed by atoms with Gasteiger partial charge in [-0.15, -0.1) is 0 Å². The number of benzene rings is 4. The van der Waals surface area contributed by atoms with Crippen LogP contribution in [0.15, 0.2) is 262 Å². The SMILES string of the molecule is CN1CCN(c2cccc(Nc3ncc4c(=O)n5n(c4n3)-c3cccc(n3)[C@@](C)(O)CC/C=C\C5)c2)CC1.CN1CCN(c2cccc(Nc3ncc4c(=O)n5n(c4n3)-c3cccc(n3)[C@](C)(O)CC/C=C\C5)c2)CC1.C[C@@]1(O)CC/C=C\Cn2c(=O)c3cnc(Nc4ccc(N5CCOCC5)cc4)nc3n2-c2cccc1n2.C[C@]1(O)CC/C=C\Cn2c(=O)c3cnc(Nc4ccc(N5CCOCC5)cc4)nc3n2-c2cccc1n2. The number of likely N-dealkylation sites (N-methyl/N-ethyl adjacent to an activating group) is 2. The molecule has 16 aromatic rings. The zero-order valence-electron chi connectivity index (χ0n) is 84.8. The summed E-state index contributed by atoms with van der Waals surface area (Å²) in [6, 6.07) is 54.6. The highest BCUT2D eigenvalue weighted by Crippen LogP contribution is 2.36. The summed E-state index contributed by atoms with van der Waals surface area (Å²) in [7, 11) is 4.29. The third-order valence-electron chi connectivity index (χ3n) is 28.6. The maximum atomic E-state index is 13.4. The zero-order chi connectivity index (χ0) is 103. The van der Waals surface area contributed by atoms with Crippen molar-refractivity contribution in [1.82, 2.24) is 107 Å². The topological polar surface area (TPSA) is 429 Å². The third kappa shape index (κ3) is 21.5. The summed E-state index contributed by atoms with van der Waals surface area (Å²) in [6.07, 6.45) is 26.8. The fraction of sp³-hybridized carbons (Fsp3) is 0.345. The first-order chi connectivity index (χ1) is 72.8. The molecule has 0 unspecified atom stereocenters. The van der Waals surface area contributed by atoms with Gasteiger partial charge in [0.05, 0.1) is 75.4 Å². The lowest BCUT2D eigenvalue weighted by atomic mass is 9.95. The normalized spacial score (nSPS) is 20.9. The molecule has 8 N–H and O–H groups in total. The van der Waals surface area contributed by atoms with Crippen LogP contribution in [-0.2, 0) is 58.1 Å². The Morgan fingerprint density at radius 1 is 0.280 bits per heavy atom. The molecule has 4 saturated heterocycles. The highest BCUT2D eigenvalue weighted by molar-refractivity contribution is 5.81. The Hall–Kier alpha value is -16.1. The lowest BCUT2D eigenvalue weighted by molar-refractivity contribution is 0.0439. The van der Waals surface area contributed by atoms with E-state index in [1.165, 1.54) is 0 Å². The van der Waals surface area contributed by atoms with Crippen LogP contribution >= 0.6 is 0 Å². The molecule has 40 nitrogen and oxygen atoms in total. The molecular weight excluding hydrogens is 1900 g/mol. The average molecular weight is 2020 g/mol. The van der Waals surface area contributed by atoms with Gasteiger partial charge in [-0.1, -0.05) is 85.0 Å². The number of morpholine rings is 2. The number of pyridine rings is 4. The van der Waals surface area contributed by atoms with Crippen molar-refractivity contribution in [1.29, 1.82) is 0 Å². The number of nitrogens with zero attached hydrogens (tertiary/aromatic N) is 26. The number of allylic oxidation sites excluding steroid dienone is 8. The van der Waals surface area contributed by atoms with Crippen molar-refractivity contribution >= 4 is 113 Å². The summed E-state index contributed by atoms with van der Waals surface area (Å²) in [5, 5.41) is 58.9. The highest BCUT2D eigenvalue weighted by atomic mass is 16.5. The summed E-state index contributed by atoms with van der Waals surface area (Å²) in [6.45, 7) is 23.0. The minimum absolute atomic E-state index is 0.188. The number of rotatable bonds is 12. The molecule has 0 spiro atoms. The summed E-state index contributed by atoms with van der Waals surface area (Å²) in [5.74, 6) is 3.60. The maximum Gasteiger partial charge on any atom is 0.278 e. The first kappa shape index (κ1) is 99.9. The second-order valence-electron chi connectivity index (χ2n) is 39.7. The number of aromatic nitrogens is 20. The van der Waals surface area contributed by atoms with Gasteiger partial charge in [-0.05, 0) is 227 Å². The predicted octanol–water partition coefficient (Wildman–Crippen LogP) is 12.3. The van der Waals surface area contributed by atoms with Crippen LogP contribution in [-0.4, -0.2) is 247 Å². The molecule has 4 fully saturated rings. The van der Waals surface area contributed by atoms with Crippen molar-refractivity contribution in [3.05, 3.63) is 307 Å². The van der Waals surface area contributed by atoms with Crippen LogP contribution in [0.3, 0.4) is 0 Å². The van der Waals surface area contributed by atoms with Gasteiger partial charge < -0.3 is 80.6 Å². The van der Waals surface area contributed by atoms with E-state index in [9.17, 15) is 39.6 Å². The Kier molecular flexibility index (Phi) is 28.6. The van der Waals surface area contributed by atoms with E-state index in [1.807, 2.05) is 170 Å². The zero-order valence-corrected chi connectivity index (χ0v) is 84.8. The Labute approximate surface area is 863 Å². The molecule has 8 aliphatic heterocycles. The molecule has 0 amide bonds. The van der Waals surface area contributed by atoms with E-state index >= 15 is 0 Å². The molecule has 40 heteroatoms. The molecule has 772 valence electrons. The van der Waals surface area contributed by atoms with Gasteiger partial charge >= 0.3 is 0 Å². The van der Waals surface area contributed by atoms with Crippen LogP contribution < -0.4 is 63.1 Å². The molecule has 0 aliphatic carbocycles. The minimum Gasteiger partial charge on any atom is -0.384 e. The number of nitrogens with one attached hydrogen (secondary N) is 4. The van der Waals surface area contributed by atoms with Gasteiger partial charge in [-0.25, -0.2) is 77.3 Å². The van der Waals surface area contributed by atoms with E-state index in [0.29, 0.717) is 192 Å². The van der Waals surface area contributed by atoms with Gasteiger partial charge in [0, 0.05) is 149 Å². The van der Waals surface area contributed by atoms with Crippen molar-refractivity contribution in [3.63, 3.8) is 0 Å². The van der Waals surface area contributed by atoms with Crippen molar-refractivity contribution in [2.24, 2.45) is 0 Å². The van der Waals surface area contributed by atoms with Crippen molar-refractivity contribution in [2.75, 3.05) is 160 Å². The monoisotopic (exact) mass is 2020 g/mol. The second-order valence-corrected chi connectivity index (χ2v) is 39.7. The predicted molar refractivity (Wildman–Crippen MR) is 580 cm³/mol. The number of anilines is 12. The molecule has 0 radical (unpaired) electrons. The average Bonchev–Trinajstić information content (AvgIpc) is 1.61. The van der Waals surface area contributed by atoms with Crippen LogP contribution in [0.2, 0.25) is 0 Å². The second kappa shape index (κ2) is 43.0. The van der Waals surface area contributed by atoms with E-state index in [0.717, 1.165) is 150 Å². The van der Waals surface area contributed by atoms with Crippen LogP contribution in [0.4, 0.5) is 69.3 Å². The molecule has 12 aromatic heterocycles. The molecule has 4 aromatic carbocycles. The molecule has 20 heterocycles. The third-order valence-corrected chi connectivity index (χ3v) is 28.6. The standard InChI is InChI=1S/2C28H32N8O2.2C27H29N7O3/c2*1-28(38)12-4-3-5-13-35-26(37)22-19-29-27(32-25(22)36(35)24-11-7-10-23(28)31-24)30-20-8-6-9-21(18-20)34-16-14-33(2)15-17-34;2*1-27(36)12-3-2-4-13-33-25(35)21-18-28-26(31-24(21)34(33)23-7-5-6-22(27)30-23)29-19-8-10-20(11-9-19)32-14-16-37-17-15-32/h2*3,5-11,18-19,38H,4,12-17H2,1-2H3,(H,29,30,32);2*2,4-11,18,36H,3,12-17H2,1H3,(H,28,29,31)/b2*5-3-;2*4-2-/t2*28-;2*27-/m1010/s1. The van der Waals surface area contributed by atoms with Crippen molar-refractivity contribution < 1.29 is 29.9 Å². The molecule has 4 atom stereocenters. The van der Waals surface area contributed by atoms with Gasteiger partial charge in [0.2, 0.25) is 23.8 Å². The lowest BCUT2D eigenvalue weighted by Gasteiger charge is -2.34. The van der Waals surface area contributed by atoms with Gasteiger partial charge in [0.25, 0.3) is 22.2 Å². The largest absolute Gasteiger partial charge is 0.384 e. The van der Waals surface area contributed by atoms with E-state index < -0.39 is 22.4 Å². The molecular formula is C110H122N30O10. The molecule has 8 aliphatic rings. The summed E-state index contributed by atoms with van der Waals surface area (Å²) >= 11 is 0. The van der Waals surface area contributed by atoms with Gasteiger partial charge in [-0.2, -0.15) is 19.9 Å².